The van der Waals surface area contributed by atoms with Crippen LogP contribution in [0.1, 0.15) is 66.2 Å². The zero-order valence-corrected chi connectivity index (χ0v) is 16.2. The number of hydrogen-bond acceptors (Lipinski definition) is 6. The van der Waals surface area contributed by atoms with Crippen LogP contribution in [0, 0.1) is 0 Å². The molecule has 0 spiro atoms. The van der Waals surface area contributed by atoms with Gasteiger partial charge in [-0.25, -0.2) is 9.59 Å². The summed E-state index contributed by atoms with van der Waals surface area (Å²) in [4.78, 5) is 24.8. The van der Waals surface area contributed by atoms with E-state index >= 15 is 0 Å². The van der Waals surface area contributed by atoms with Crippen LogP contribution in [0.3, 0.4) is 0 Å². The number of nitrogen functional groups attached to an aromatic ring is 2. The molecule has 0 aromatic heterocycles. The van der Waals surface area contributed by atoms with Crippen LogP contribution in [-0.2, 0) is 9.47 Å². The van der Waals surface area contributed by atoms with E-state index in [1.807, 2.05) is 0 Å². The molecule has 28 heavy (non-hydrogen) atoms. The van der Waals surface area contributed by atoms with Gasteiger partial charge >= 0.3 is 11.9 Å². The van der Waals surface area contributed by atoms with E-state index in [-0.39, 0.29) is 0 Å². The Bertz CT molecular complexity index is 698. The Morgan fingerprint density at radius 3 is 1.61 bits per heavy atom. The molecule has 0 radical (unpaired) electrons. The van der Waals surface area contributed by atoms with E-state index in [4.69, 9.17) is 20.9 Å². The maximum atomic E-state index is 12.4. The number of rotatable bonds is 10. The van der Waals surface area contributed by atoms with Crippen LogP contribution >= 0.6 is 0 Å². The van der Waals surface area contributed by atoms with Gasteiger partial charge in [0.25, 0.3) is 0 Å². The lowest BCUT2D eigenvalue weighted by Gasteiger charge is -2.18. The number of benzene rings is 2. The van der Waals surface area contributed by atoms with E-state index in [0.29, 0.717) is 28.9 Å². The minimum atomic E-state index is -0.947. The standard InChI is InChI=1S/C22H28N2O4/c1-2-3-4-5-6-7-20(27-21(25)16-8-12-18(23)13-9-16)28-22(26)17-10-14-19(24)15-11-17/h8-15,20H,2-7,23-24H2,1H3. The Morgan fingerprint density at radius 1 is 0.750 bits per heavy atom. The van der Waals surface area contributed by atoms with E-state index in [2.05, 4.69) is 6.92 Å². The number of carbonyl (C=O) groups is 2. The van der Waals surface area contributed by atoms with Crippen LogP contribution < -0.4 is 11.5 Å². The van der Waals surface area contributed by atoms with Crippen molar-refractivity contribution in [2.45, 2.75) is 51.7 Å². The van der Waals surface area contributed by atoms with Crippen molar-refractivity contribution in [1.29, 1.82) is 0 Å². The number of esters is 2. The summed E-state index contributed by atoms with van der Waals surface area (Å²) in [7, 11) is 0. The van der Waals surface area contributed by atoms with Gasteiger partial charge in [0, 0.05) is 17.8 Å². The molecule has 6 nitrogen and oxygen atoms in total. The molecule has 0 aliphatic heterocycles. The second kappa shape index (κ2) is 11.0. The normalized spacial score (nSPS) is 10.6. The van der Waals surface area contributed by atoms with Gasteiger partial charge in [-0.3, -0.25) is 0 Å². The summed E-state index contributed by atoms with van der Waals surface area (Å²) in [6.07, 6.45) is 4.68. The Labute approximate surface area is 165 Å². The third kappa shape index (κ3) is 6.95. The molecule has 0 saturated carbocycles. The predicted molar refractivity (Wildman–Crippen MR) is 110 cm³/mol. The lowest BCUT2D eigenvalue weighted by atomic mass is 10.1. The number of hydrogen-bond donors (Lipinski definition) is 2. The Morgan fingerprint density at radius 2 is 1.18 bits per heavy atom. The summed E-state index contributed by atoms with van der Waals surface area (Å²) in [5.41, 5.74) is 13.1. The van der Waals surface area contributed by atoms with Gasteiger partial charge in [-0.15, -0.1) is 0 Å². The molecule has 0 fully saturated rings. The van der Waals surface area contributed by atoms with Crippen LogP contribution in [0.5, 0.6) is 0 Å². The first-order chi connectivity index (χ1) is 13.5. The first-order valence-electron chi connectivity index (χ1n) is 9.62. The SMILES string of the molecule is CCCCCCCC(OC(=O)c1ccc(N)cc1)OC(=O)c1ccc(N)cc1. The molecule has 0 unspecified atom stereocenters. The monoisotopic (exact) mass is 384 g/mol. The smallest absolute Gasteiger partial charge is 0.341 e. The van der Waals surface area contributed by atoms with Crippen molar-refractivity contribution >= 4 is 23.3 Å². The van der Waals surface area contributed by atoms with E-state index in [1.54, 1.807) is 48.5 Å². The molecule has 0 aliphatic rings. The summed E-state index contributed by atoms with van der Waals surface area (Å²) < 4.78 is 10.9. The lowest BCUT2D eigenvalue weighted by Crippen LogP contribution is -2.25. The fourth-order valence-corrected chi connectivity index (χ4v) is 2.67. The van der Waals surface area contributed by atoms with Crippen LogP contribution in [0.2, 0.25) is 0 Å². The van der Waals surface area contributed by atoms with Crippen LogP contribution in [-0.4, -0.2) is 18.2 Å². The average Bonchev–Trinajstić information content (AvgIpc) is 2.68. The van der Waals surface area contributed by atoms with Crippen molar-refractivity contribution in [2.24, 2.45) is 0 Å². The Kier molecular flexibility index (Phi) is 8.34. The van der Waals surface area contributed by atoms with Crippen molar-refractivity contribution in [3.8, 4) is 0 Å². The van der Waals surface area contributed by atoms with E-state index < -0.39 is 18.2 Å². The molecule has 150 valence electrons. The number of carbonyl (C=O) groups excluding carboxylic acids is 2. The molecule has 0 atom stereocenters. The third-order valence-electron chi connectivity index (χ3n) is 4.31. The summed E-state index contributed by atoms with van der Waals surface area (Å²) in [6.45, 7) is 2.14. The summed E-state index contributed by atoms with van der Waals surface area (Å²) in [6, 6.07) is 12.8. The van der Waals surface area contributed by atoms with Gasteiger partial charge in [-0.1, -0.05) is 32.6 Å². The fraction of sp³-hybridized carbons (Fsp3) is 0.364. The highest BCUT2D eigenvalue weighted by atomic mass is 16.7. The molecule has 0 amide bonds. The summed E-state index contributed by atoms with van der Waals surface area (Å²) in [5.74, 6) is -1.10. The first-order valence-corrected chi connectivity index (χ1v) is 9.62. The van der Waals surface area contributed by atoms with Gasteiger partial charge in [0.2, 0.25) is 6.29 Å². The van der Waals surface area contributed by atoms with E-state index in [1.165, 1.54) is 0 Å². The van der Waals surface area contributed by atoms with Crippen molar-refractivity contribution in [3.05, 3.63) is 59.7 Å². The Hall–Kier alpha value is -3.02. The van der Waals surface area contributed by atoms with E-state index in [0.717, 1.165) is 32.1 Å². The molecule has 2 aromatic carbocycles. The first kappa shape index (κ1) is 21.3. The van der Waals surface area contributed by atoms with E-state index in [9.17, 15) is 9.59 Å². The molecule has 0 aliphatic carbocycles. The quantitative estimate of drug-likeness (QED) is 0.269. The summed E-state index contributed by atoms with van der Waals surface area (Å²) >= 11 is 0. The van der Waals surface area contributed by atoms with Gasteiger partial charge in [-0.2, -0.15) is 0 Å². The van der Waals surface area contributed by atoms with Crippen molar-refractivity contribution < 1.29 is 19.1 Å². The van der Waals surface area contributed by atoms with Crippen LogP contribution in [0.4, 0.5) is 11.4 Å². The van der Waals surface area contributed by atoms with Gasteiger partial charge < -0.3 is 20.9 Å². The molecule has 2 aromatic rings. The zero-order chi connectivity index (χ0) is 20.4. The van der Waals surface area contributed by atoms with Crippen molar-refractivity contribution in [1.82, 2.24) is 0 Å². The average molecular weight is 384 g/mol. The number of ether oxygens (including phenoxy) is 2. The molecule has 0 heterocycles. The Balaban J connectivity index is 2.00. The largest absolute Gasteiger partial charge is 0.422 e. The van der Waals surface area contributed by atoms with Crippen LogP contribution in [0.25, 0.3) is 0 Å². The molecule has 4 N–H and O–H groups in total. The maximum absolute atomic E-state index is 12.4. The minimum Gasteiger partial charge on any atom is -0.422 e. The highest BCUT2D eigenvalue weighted by Gasteiger charge is 2.21. The third-order valence-corrected chi connectivity index (χ3v) is 4.31. The van der Waals surface area contributed by atoms with Crippen molar-refractivity contribution in [2.75, 3.05) is 11.5 Å². The molecule has 0 bridgehead atoms. The summed E-state index contributed by atoms with van der Waals surface area (Å²) in [5, 5.41) is 0. The second-order valence-corrected chi connectivity index (χ2v) is 6.69. The van der Waals surface area contributed by atoms with Crippen molar-refractivity contribution in [3.63, 3.8) is 0 Å². The predicted octanol–water partition coefficient (Wildman–Crippen LogP) is 4.55. The van der Waals surface area contributed by atoms with Crippen LogP contribution in [0.15, 0.2) is 48.5 Å². The second-order valence-electron chi connectivity index (χ2n) is 6.69. The van der Waals surface area contributed by atoms with Gasteiger partial charge in [0.05, 0.1) is 11.1 Å². The molecule has 6 heteroatoms. The highest BCUT2D eigenvalue weighted by Crippen LogP contribution is 2.16. The number of anilines is 2. The van der Waals surface area contributed by atoms with Gasteiger partial charge in [-0.05, 0) is 55.0 Å². The zero-order valence-electron chi connectivity index (χ0n) is 16.2. The molecular formula is C22H28N2O4. The lowest BCUT2D eigenvalue weighted by molar-refractivity contribution is -0.0838. The maximum Gasteiger partial charge on any atom is 0.341 e. The molecule has 2 rings (SSSR count). The molecule has 0 saturated heterocycles. The van der Waals surface area contributed by atoms with Gasteiger partial charge in [0.1, 0.15) is 0 Å². The number of unbranched alkanes of at least 4 members (excludes halogenated alkanes) is 4. The minimum absolute atomic E-state index is 0.355. The highest BCUT2D eigenvalue weighted by molar-refractivity contribution is 5.91. The topological polar surface area (TPSA) is 105 Å². The van der Waals surface area contributed by atoms with Gasteiger partial charge in [0.15, 0.2) is 0 Å². The number of nitrogens with two attached hydrogens (primary N) is 2. The molecular weight excluding hydrogens is 356 g/mol. The fourth-order valence-electron chi connectivity index (χ4n) is 2.67.